The number of hydrogen-bond donors (Lipinski definition) is 0. The first kappa shape index (κ1) is 21.1. The lowest BCUT2D eigenvalue weighted by Crippen LogP contribution is -2.37. The third kappa shape index (κ3) is 6.45. The van der Waals surface area contributed by atoms with Crippen molar-refractivity contribution in [2.45, 2.75) is 45.4 Å². The van der Waals surface area contributed by atoms with Crippen LogP contribution < -0.4 is 9.47 Å². The van der Waals surface area contributed by atoms with Crippen molar-refractivity contribution in [1.29, 1.82) is 0 Å². The molecule has 1 aromatic rings. The van der Waals surface area contributed by atoms with Gasteiger partial charge in [0.05, 0.1) is 14.2 Å². The minimum absolute atomic E-state index is 0.000793. The van der Waals surface area contributed by atoms with Crippen LogP contribution in [0.15, 0.2) is 18.2 Å². The van der Waals surface area contributed by atoms with Gasteiger partial charge in [0.15, 0.2) is 11.5 Å². The van der Waals surface area contributed by atoms with Crippen molar-refractivity contribution >= 4 is 11.8 Å². The summed E-state index contributed by atoms with van der Waals surface area (Å²) in [6.07, 6.45) is 5.68. The molecule has 0 atom stereocenters. The van der Waals surface area contributed by atoms with Gasteiger partial charge in [0.1, 0.15) is 0 Å². The van der Waals surface area contributed by atoms with Gasteiger partial charge >= 0.3 is 0 Å². The van der Waals surface area contributed by atoms with E-state index in [4.69, 9.17) is 9.47 Å². The van der Waals surface area contributed by atoms with Crippen molar-refractivity contribution in [2.24, 2.45) is 0 Å². The second kappa shape index (κ2) is 10.8. The number of hydrogen-bond acceptors (Lipinski definition) is 4. The summed E-state index contributed by atoms with van der Waals surface area (Å²) in [7, 11) is 3.22. The summed E-state index contributed by atoms with van der Waals surface area (Å²) in [6, 6.07) is 5.77. The standard InChI is InChI=1S/C21H32N2O4/c1-17(24)22(15-11-21(25)23-12-6-4-5-7-13-23)14-10-18-8-9-19(26-2)20(16-18)27-3/h8-9,16H,4-7,10-15H2,1-3H3. The van der Waals surface area contributed by atoms with Crippen molar-refractivity contribution in [1.82, 2.24) is 9.80 Å². The monoisotopic (exact) mass is 376 g/mol. The molecule has 1 aliphatic rings. The Morgan fingerprint density at radius 2 is 1.67 bits per heavy atom. The van der Waals surface area contributed by atoms with Crippen LogP contribution in [0.3, 0.4) is 0 Å². The molecule has 27 heavy (non-hydrogen) atoms. The van der Waals surface area contributed by atoms with E-state index < -0.39 is 0 Å². The molecular weight excluding hydrogens is 344 g/mol. The van der Waals surface area contributed by atoms with Crippen LogP contribution in [0.2, 0.25) is 0 Å². The number of amides is 2. The third-order valence-electron chi connectivity index (χ3n) is 5.12. The van der Waals surface area contributed by atoms with E-state index >= 15 is 0 Å². The first-order valence-electron chi connectivity index (χ1n) is 9.79. The highest BCUT2D eigenvalue weighted by molar-refractivity contribution is 5.78. The minimum atomic E-state index is -0.000793. The molecular formula is C21H32N2O4. The number of benzene rings is 1. The molecule has 0 aromatic heterocycles. The van der Waals surface area contributed by atoms with Crippen LogP contribution in [-0.4, -0.2) is 62.0 Å². The van der Waals surface area contributed by atoms with Gasteiger partial charge in [-0.2, -0.15) is 0 Å². The number of carbonyl (C=O) groups excluding carboxylic acids is 2. The molecule has 6 heteroatoms. The van der Waals surface area contributed by atoms with E-state index in [0.29, 0.717) is 37.4 Å². The van der Waals surface area contributed by atoms with Crippen LogP contribution in [0, 0.1) is 0 Å². The Bertz CT molecular complexity index is 625. The molecule has 150 valence electrons. The van der Waals surface area contributed by atoms with Gasteiger partial charge < -0.3 is 19.3 Å². The maximum Gasteiger partial charge on any atom is 0.224 e. The van der Waals surface area contributed by atoms with Gasteiger partial charge in [-0.25, -0.2) is 0 Å². The fourth-order valence-corrected chi connectivity index (χ4v) is 3.44. The van der Waals surface area contributed by atoms with Gasteiger partial charge in [0.2, 0.25) is 11.8 Å². The Morgan fingerprint density at radius 1 is 1.00 bits per heavy atom. The first-order valence-corrected chi connectivity index (χ1v) is 9.79. The molecule has 0 N–H and O–H groups in total. The molecule has 0 spiro atoms. The van der Waals surface area contributed by atoms with Crippen LogP contribution in [0.5, 0.6) is 11.5 Å². The van der Waals surface area contributed by atoms with Crippen molar-refractivity contribution in [2.75, 3.05) is 40.4 Å². The molecule has 1 heterocycles. The van der Waals surface area contributed by atoms with Crippen molar-refractivity contribution in [3.05, 3.63) is 23.8 Å². The minimum Gasteiger partial charge on any atom is -0.493 e. The highest BCUT2D eigenvalue weighted by Gasteiger charge is 2.18. The maximum atomic E-state index is 12.5. The van der Waals surface area contributed by atoms with E-state index in [1.807, 2.05) is 23.1 Å². The predicted octanol–water partition coefficient (Wildman–Crippen LogP) is 2.89. The fraction of sp³-hybridized carbons (Fsp3) is 0.619. The summed E-state index contributed by atoms with van der Waals surface area (Å²) in [5, 5.41) is 0. The summed E-state index contributed by atoms with van der Waals surface area (Å²) in [4.78, 5) is 28.2. The summed E-state index contributed by atoms with van der Waals surface area (Å²) in [5.74, 6) is 1.53. The number of rotatable bonds is 8. The molecule has 1 saturated heterocycles. The maximum absolute atomic E-state index is 12.5. The lowest BCUT2D eigenvalue weighted by Gasteiger charge is -2.24. The average Bonchev–Trinajstić information content (AvgIpc) is 2.96. The Morgan fingerprint density at radius 3 is 2.26 bits per heavy atom. The van der Waals surface area contributed by atoms with E-state index in [2.05, 4.69) is 0 Å². The number of nitrogens with zero attached hydrogens (tertiary/aromatic N) is 2. The van der Waals surface area contributed by atoms with Crippen LogP contribution in [0.25, 0.3) is 0 Å². The van der Waals surface area contributed by atoms with Gasteiger partial charge in [-0.15, -0.1) is 0 Å². The summed E-state index contributed by atoms with van der Waals surface area (Å²) >= 11 is 0. The van der Waals surface area contributed by atoms with Crippen molar-refractivity contribution in [3.8, 4) is 11.5 Å². The molecule has 1 aliphatic heterocycles. The third-order valence-corrected chi connectivity index (χ3v) is 5.12. The highest BCUT2D eigenvalue weighted by atomic mass is 16.5. The summed E-state index contributed by atoms with van der Waals surface area (Å²) < 4.78 is 10.6. The van der Waals surface area contributed by atoms with E-state index in [0.717, 1.165) is 31.5 Å². The van der Waals surface area contributed by atoms with E-state index in [1.54, 1.807) is 26.0 Å². The number of methoxy groups -OCH3 is 2. The fourth-order valence-electron chi connectivity index (χ4n) is 3.44. The van der Waals surface area contributed by atoms with Gasteiger partial charge in [-0.3, -0.25) is 9.59 Å². The topological polar surface area (TPSA) is 59.1 Å². The Balaban J connectivity index is 1.88. The summed E-state index contributed by atoms with van der Waals surface area (Å²) in [5.41, 5.74) is 1.07. The van der Waals surface area contributed by atoms with E-state index in [1.165, 1.54) is 12.8 Å². The smallest absolute Gasteiger partial charge is 0.224 e. The molecule has 2 amide bonds. The average molecular weight is 376 g/mol. The zero-order valence-corrected chi connectivity index (χ0v) is 16.8. The van der Waals surface area contributed by atoms with Gasteiger partial charge in [-0.1, -0.05) is 18.9 Å². The Hall–Kier alpha value is -2.24. The first-order chi connectivity index (χ1) is 13.0. The number of ether oxygens (including phenoxy) is 2. The van der Waals surface area contributed by atoms with Crippen LogP contribution in [0.1, 0.15) is 44.6 Å². The van der Waals surface area contributed by atoms with E-state index in [9.17, 15) is 9.59 Å². The van der Waals surface area contributed by atoms with Crippen LogP contribution in [0.4, 0.5) is 0 Å². The predicted molar refractivity (Wildman–Crippen MR) is 105 cm³/mol. The summed E-state index contributed by atoms with van der Waals surface area (Å²) in [6.45, 7) is 4.32. The molecule has 0 bridgehead atoms. The molecule has 1 fully saturated rings. The second-order valence-corrected chi connectivity index (χ2v) is 6.99. The Kier molecular flexibility index (Phi) is 8.43. The molecule has 0 unspecified atom stereocenters. The van der Waals surface area contributed by atoms with Gasteiger partial charge in [-0.05, 0) is 37.0 Å². The lowest BCUT2D eigenvalue weighted by atomic mass is 10.1. The zero-order chi connectivity index (χ0) is 19.6. The number of likely N-dealkylation sites (tertiary alicyclic amines) is 1. The SMILES string of the molecule is COc1ccc(CCN(CCC(=O)N2CCCCCC2)C(C)=O)cc1OC. The van der Waals surface area contributed by atoms with Crippen molar-refractivity contribution in [3.63, 3.8) is 0 Å². The molecule has 1 aromatic carbocycles. The quantitative estimate of drug-likeness (QED) is 0.700. The van der Waals surface area contributed by atoms with E-state index in [-0.39, 0.29) is 11.8 Å². The lowest BCUT2D eigenvalue weighted by molar-refractivity contribution is -0.133. The number of carbonyl (C=O) groups is 2. The molecule has 6 nitrogen and oxygen atoms in total. The molecule has 0 aliphatic carbocycles. The normalized spacial score (nSPS) is 14.4. The highest BCUT2D eigenvalue weighted by Crippen LogP contribution is 2.27. The zero-order valence-electron chi connectivity index (χ0n) is 16.8. The van der Waals surface area contributed by atoms with Crippen LogP contribution >= 0.6 is 0 Å². The van der Waals surface area contributed by atoms with Gasteiger partial charge in [0, 0.05) is 39.5 Å². The van der Waals surface area contributed by atoms with Crippen LogP contribution in [-0.2, 0) is 16.0 Å². The van der Waals surface area contributed by atoms with Gasteiger partial charge in [0.25, 0.3) is 0 Å². The largest absolute Gasteiger partial charge is 0.493 e. The molecule has 2 rings (SSSR count). The second-order valence-electron chi connectivity index (χ2n) is 6.99. The van der Waals surface area contributed by atoms with Crippen molar-refractivity contribution < 1.29 is 19.1 Å². The molecule has 0 radical (unpaired) electrons. The molecule has 0 saturated carbocycles. The Labute approximate surface area is 162 Å².